The predicted molar refractivity (Wildman–Crippen MR) is 169 cm³/mol. The number of methoxy groups -OCH3 is 1. The minimum Gasteiger partial charge on any atom is -0.490 e. The van der Waals surface area contributed by atoms with Crippen LogP contribution in [0.2, 0.25) is 5.02 Å². The molecule has 3 aromatic carbocycles. The van der Waals surface area contributed by atoms with E-state index in [0.29, 0.717) is 46.7 Å². The average Bonchev–Trinajstić information content (AvgIpc) is 3.00. The van der Waals surface area contributed by atoms with Gasteiger partial charge >= 0.3 is 12.0 Å². The van der Waals surface area contributed by atoms with Gasteiger partial charge in [0.1, 0.15) is 19.0 Å². The van der Waals surface area contributed by atoms with Crippen molar-refractivity contribution in [2.75, 3.05) is 20.3 Å². The zero-order valence-electron chi connectivity index (χ0n) is 24.2. The molecule has 0 aromatic heterocycles. The number of allylic oxidation sites excluding steroid dienone is 1. The Morgan fingerprint density at radius 3 is 2.55 bits per heavy atom. The molecule has 13 heteroatoms. The van der Waals surface area contributed by atoms with Crippen LogP contribution in [0, 0.1) is 0 Å². The van der Waals surface area contributed by atoms with Crippen molar-refractivity contribution in [1.29, 1.82) is 0 Å². The van der Waals surface area contributed by atoms with Gasteiger partial charge in [-0.25, -0.2) is 9.59 Å². The van der Waals surface area contributed by atoms with Crippen molar-refractivity contribution >= 4 is 45.7 Å². The molecule has 0 spiro atoms. The number of hydrogen-bond donors (Lipinski definition) is 4. The normalized spacial score (nSPS) is 15.3. The first kappa shape index (κ1) is 32.6. The molecule has 2 atom stereocenters. The summed E-state index contributed by atoms with van der Waals surface area (Å²) in [5.74, 6) is 0.835. The molecule has 4 rings (SSSR count). The Labute approximate surface area is 268 Å². The highest BCUT2D eigenvalue weighted by atomic mass is 79.9. The van der Waals surface area contributed by atoms with Gasteiger partial charge in [-0.1, -0.05) is 29.8 Å². The zero-order valence-corrected chi connectivity index (χ0v) is 26.6. The van der Waals surface area contributed by atoms with Crippen molar-refractivity contribution < 1.29 is 33.6 Å². The Morgan fingerprint density at radius 1 is 1.09 bits per heavy atom. The smallest absolute Gasteiger partial charge is 0.337 e. The number of urea groups is 1. The maximum atomic E-state index is 12.4. The van der Waals surface area contributed by atoms with Gasteiger partial charge in [0, 0.05) is 10.7 Å². The summed E-state index contributed by atoms with van der Waals surface area (Å²) in [5.41, 5.74) is 5.64. The Bertz CT molecular complexity index is 1550. The number of nitrogens with zero attached hydrogens (tertiary/aromatic N) is 1. The number of aliphatic hydroxyl groups is 1. The molecular formula is C31H32BrClN4O7. The quantitative estimate of drug-likeness (QED) is 0.0833. The van der Waals surface area contributed by atoms with Crippen LogP contribution in [-0.2, 0) is 16.1 Å². The Kier molecular flexibility index (Phi) is 11.5. The summed E-state index contributed by atoms with van der Waals surface area (Å²) < 4.78 is 23.1. The number of esters is 1. The van der Waals surface area contributed by atoms with E-state index in [2.05, 4.69) is 37.1 Å². The lowest BCUT2D eigenvalue weighted by Crippen LogP contribution is -2.45. The monoisotopic (exact) mass is 686 g/mol. The van der Waals surface area contributed by atoms with E-state index in [1.807, 2.05) is 49.4 Å². The van der Waals surface area contributed by atoms with Crippen LogP contribution in [0.4, 0.5) is 4.79 Å². The van der Waals surface area contributed by atoms with E-state index in [0.717, 1.165) is 15.6 Å². The van der Waals surface area contributed by atoms with Gasteiger partial charge in [0.05, 0.1) is 36.0 Å². The summed E-state index contributed by atoms with van der Waals surface area (Å²) in [4.78, 5) is 24.6. The molecule has 1 aliphatic heterocycles. The maximum Gasteiger partial charge on any atom is 0.337 e. The molecule has 1 heterocycles. The predicted octanol–water partition coefficient (Wildman–Crippen LogP) is 5.20. The van der Waals surface area contributed by atoms with Crippen LogP contribution in [0.1, 0.15) is 36.6 Å². The number of halogens is 2. The van der Waals surface area contributed by atoms with Gasteiger partial charge in [-0.15, -0.1) is 0 Å². The number of ether oxygens (including phenoxy) is 4. The van der Waals surface area contributed by atoms with E-state index < -0.39 is 24.3 Å². The second-order valence-electron chi connectivity index (χ2n) is 9.52. The Morgan fingerprint density at radius 2 is 1.84 bits per heavy atom. The minimum absolute atomic E-state index is 0.144. The first-order chi connectivity index (χ1) is 21.2. The molecule has 3 aromatic rings. The van der Waals surface area contributed by atoms with Gasteiger partial charge in [0.2, 0.25) is 0 Å². The SMILES string of the molecule is CCOc1cc([C@@H]2NC(=O)NC(C)=C2C(=O)OC)ccc1OC[C@@H](O)N/N=C\c1ccc(OCc2ccc(Cl)cc2)c(Br)c1. The Hall–Kier alpha value is -4.26. The van der Waals surface area contributed by atoms with Crippen molar-refractivity contribution in [3.63, 3.8) is 0 Å². The molecule has 44 heavy (non-hydrogen) atoms. The highest BCUT2D eigenvalue weighted by molar-refractivity contribution is 9.10. The van der Waals surface area contributed by atoms with Gasteiger partial charge in [-0.05, 0) is 88.9 Å². The minimum atomic E-state index is -1.13. The molecule has 232 valence electrons. The van der Waals surface area contributed by atoms with Gasteiger partial charge in [0.15, 0.2) is 17.7 Å². The van der Waals surface area contributed by atoms with Crippen molar-refractivity contribution in [2.24, 2.45) is 5.10 Å². The van der Waals surface area contributed by atoms with Crippen LogP contribution < -0.4 is 30.3 Å². The second-order valence-corrected chi connectivity index (χ2v) is 10.8. The number of hydrogen-bond acceptors (Lipinski definition) is 9. The average molecular weight is 688 g/mol. The number of carbonyl (C=O) groups excluding carboxylic acids is 2. The summed E-state index contributed by atoms with van der Waals surface area (Å²) in [7, 11) is 1.28. The summed E-state index contributed by atoms with van der Waals surface area (Å²) in [6.07, 6.45) is 0.421. The fraction of sp³-hybridized carbons (Fsp3) is 0.258. The molecule has 0 saturated heterocycles. The Balaban J connectivity index is 1.34. The molecule has 2 amide bonds. The summed E-state index contributed by atoms with van der Waals surface area (Å²) in [6.45, 7) is 4.03. The van der Waals surface area contributed by atoms with Crippen molar-refractivity contribution in [3.05, 3.63) is 98.1 Å². The third-order valence-electron chi connectivity index (χ3n) is 6.37. The van der Waals surface area contributed by atoms with Crippen molar-refractivity contribution in [2.45, 2.75) is 32.7 Å². The number of nitrogens with one attached hydrogen (secondary N) is 3. The van der Waals surface area contributed by atoms with Crippen LogP contribution in [0.3, 0.4) is 0 Å². The molecule has 0 radical (unpaired) electrons. The van der Waals surface area contributed by atoms with E-state index in [-0.39, 0.29) is 12.2 Å². The molecular weight excluding hydrogens is 656 g/mol. The number of carbonyl (C=O) groups is 2. The maximum absolute atomic E-state index is 12.4. The topological polar surface area (TPSA) is 140 Å². The third-order valence-corrected chi connectivity index (χ3v) is 7.24. The van der Waals surface area contributed by atoms with Crippen molar-refractivity contribution in [1.82, 2.24) is 16.1 Å². The van der Waals surface area contributed by atoms with Gasteiger partial charge in [-0.3, -0.25) is 5.43 Å². The second kappa shape index (κ2) is 15.5. The fourth-order valence-electron chi connectivity index (χ4n) is 4.28. The summed E-state index contributed by atoms with van der Waals surface area (Å²) >= 11 is 9.45. The van der Waals surface area contributed by atoms with E-state index >= 15 is 0 Å². The van der Waals surface area contributed by atoms with E-state index in [4.69, 9.17) is 30.5 Å². The molecule has 4 N–H and O–H groups in total. The van der Waals surface area contributed by atoms with Crippen molar-refractivity contribution in [3.8, 4) is 17.2 Å². The number of benzene rings is 3. The van der Waals surface area contributed by atoms with Gasteiger partial charge in [0.25, 0.3) is 0 Å². The molecule has 0 fully saturated rings. The number of hydrazone groups is 1. The van der Waals surface area contributed by atoms with Crippen LogP contribution in [0.25, 0.3) is 0 Å². The first-order valence-corrected chi connectivity index (χ1v) is 14.7. The largest absolute Gasteiger partial charge is 0.490 e. The zero-order chi connectivity index (χ0) is 31.6. The fourth-order valence-corrected chi connectivity index (χ4v) is 4.91. The van der Waals surface area contributed by atoms with Crippen LogP contribution in [-0.4, -0.2) is 49.9 Å². The lowest BCUT2D eigenvalue weighted by molar-refractivity contribution is -0.136. The van der Waals surface area contributed by atoms with Crippen LogP contribution in [0.15, 0.2) is 81.5 Å². The lowest BCUT2D eigenvalue weighted by atomic mass is 9.95. The lowest BCUT2D eigenvalue weighted by Gasteiger charge is -2.28. The standard InChI is InChI=1S/C31H32BrClN4O7/c1-4-42-26-14-21(29-28(30(39)41-3)18(2)35-31(40)36-29)8-12-25(26)44-17-27(38)37-34-15-20-7-11-24(23(32)13-20)43-16-19-5-9-22(33)10-6-19/h5-15,27,29,37-38H,4,16-17H2,1-3H3,(H2,35,36,40)/b34-15-/t27-,29+/m1/s1. The summed E-state index contributed by atoms with van der Waals surface area (Å²) in [5, 5.41) is 20.5. The molecule has 0 aliphatic carbocycles. The number of aliphatic hydroxyl groups excluding tert-OH is 1. The number of amides is 2. The molecule has 0 saturated carbocycles. The molecule has 11 nitrogen and oxygen atoms in total. The van der Waals surface area contributed by atoms with Crippen LogP contribution >= 0.6 is 27.5 Å². The highest BCUT2D eigenvalue weighted by Gasteiger charge is 2.32. The molecule has 0 bridgehead atoms. The highest BCUT2D eigenvalue weighted by Crippen LogP contribution is 2.35. The van der Waals surface area contributed by atoms with E-state index in [9.17, 15) is 14.7 Å². The first-order valence-electron chi connectivity index (χ1n) is 13.6. The summed E-state index contributed by atoms with van der Waals surface area (Å²) in [6, 6.07) is 16.7. The number of rotatable bonds is 13. The van der Waals surface area contributed by atoms with E-state index in [1.54, 1.807) is 31.3 Å². The molecule has 1 aliphatic rings. The molecule has 0 unspecified atom stereocenters. The van der Waals surface area contributed by atoms with Crippen LogP contribution in [0.5, 0.6) is 17.2 Å². The van der Waals surface area contributed by atoms with Gasteiger partial charge < -0.3 is 34.7 Å². The third kappa shape index (κ3) is 8.65. The van der Waals surface area contributed by atoms with Gasteiger partial charge in [-0.2, -0.15) is 5.10 Å². The van der Waals surface area contributed by atoms with E-state index in [1.165, 1.54) is 7.11 Å².